The Morgan fingerprint density at radius 2 is 1.91 bits per heavy atom. The monoisotopic (exact) mass is 336 g/mol. The van der Waals surface area contributed by atoms with Crippen molar-refractivity contribution >= 4 is 15.9 Å². The number of carbonyl (C=O) groups is 1. The standard InChI is InChI=1S/C15H20N4O3S/c1-12(19-9-3-8-18-19)15(20)17-10-13-4-6-14(7-5-13)11-23(21,22)16-2/h3-9,12,16H,10-11H2,1-2H3,(H,17,20)/t12-/m1/s1. The second-order valence-corrected chi connectivity index (χ2v) is 7.09. The van der Waals surface area contributed by atoms with Crippen LogP contribution < -0.4 is 10.0 Å². The molecule has 124 valence electrons. The lowest BCUT2D eigenvalue weighted by Gasteiger charge is -2.13. The molecule has 0 aliphatic carbocycles. The van der Waals surface area contributed by atoms with Crippen LogP contribution in [0.1, 0.15) is 24.1 Å². The average Bonchev–Trinajstić information content (AvgIpc) is 3.07. The van der Waals surface area contributed by atoms with Gasteiger partial charge in [-0.05, 0) is 31.2 Å². The Morgan fingerprint density at radius 1 is 1.26 bits per heavy atom. The minimum atomic E-state index is -3.28. The number of benzene rings is 1. The van der Waals surface area contributed by atoms with Crippen LogP contribution in [0.5, 0.6) is 0 Å². The van der Waals surface area contributed by atoms with Gasteiger partial charge in [-0.2, -0.15) is 5.10 Å². The molecule has 0 aliphatic heterocycles. The molecule has 0 saturated heterocycles. The lowest BCUT2D eigenvalue weighted by molar-refractivity contribution is -0.124. The van der Waals surface area contributed by atoms with E-state index in [0.717, 1.165) is 5.56 Å². The highest BCUT2D eigenvalue weighted by atomic mass is 32.2. The Balaban J connectivity index is 1.90. The summed E-state index contributed by atoms with van der Waals surface area (Å²) in [6, 6.07) is 8.48. The highest BCUT2D eigenvalue weighted by Crippen LogP contribution is 2.09. The Labute approximate surface area is 135 Å². The van der Waals surface area contributed by atoms with Crippen molar-refractivity contribution < 1.29 is 13.2 Å². The van der Waals surface area contributed by atoms with E-state index in [1.54, 1.807) is 54.3 Å². The van der Waals surface area contributed by atoms with Crippen LogP contribution in [0.25, 0.3) is 0 Å². The molecule has 0 spiro atoms. The number of sulfonamides is 1. The van der Waals surface area contributed by atoms with Gasteiger partial charge in [-0.15, -0.1) is 0 Å². The number of aromatic nitrogens is 2. The van der Waals surface area contributed by atoms with E-state index in [9.17, 15) is 13.2 Å². The average molecular weight is 336 g/mol. The lowest BCUT2D eigenvalue weighted by Crippen LogP contribution is -2.30. The van der Waals surface area contributed by atoms with Gasteiger partial charge in [0, 0.05) is 18.9 Å². The van der Waals surface area contributed by atoms with Crippen LogP contribution in [-0.4, -0.2) is 31.2 Å². The quantitative estimate of drug-likeness (QED) is 0.782. The third kappa shape index (κ3) is 4.90. The zero-order valence-electron chi connectivity index (χ0n) is 13.1. The molecule has 0 aliphatic rings. The van der Waals surface area contributed by atoms with E-state index in [4.69, 9.17) is 0 Å². The first-order valence-corrected chi connectivity index (χ1v) is 8.82. The van der Waals surface area contributed by atoms with Crippen LogP contribution in [-0.2, 0) is 27.1 Å². The fourth-order valence-corrected chi connectivity index (χ4v) is 2.79. The first kappa shape index (κ1) is 17.2. The molecule has 1 amide bonds. The molecule has 0 saturated carbocycles. The van der Waals surface area contributed by atoms with Crippen molar-refractivity contribution in [3.63, 3.8) is 0 Å². The number of hydrogen-bond acceptors (Lipinski definition) is 4. The van der Waals surface area contributed by atoms with Crippen molar-refractivity contribution in [3.8, 4) is 0 Å². The summed E-state index contributed by atoms with van der Waals surface area (Å²) < 4.78 is 26.8. The minimum Gasteiger partial charge on any atom is -0.350 e. The second kappa shape index (κ2) is 7.38. The highest BCUT2D eigenvalue weighted by Gasteiger charge is 2.14. The van der Waals surface area contributed by atoms with E-state index in [-0.39, 0.29) is 17.7 Å². The normalized spacial score (nSPS) is 12.8. The summed E-state index contributed by atoms with van der Waals surface area (Å²) in [6.07, 6.45) is 3.36. The molecule has 0 bridgehead atoms. The van der Waals surface area contributed by atoms with Crippen LogP contribution in [0.15, 0.2) is 42.7 Å². The van der Waals surface area contributed by atoms with Gasteiger partial charge in [0.15, 0.2) is 0 Å². The Hall–Kier alpha value is -2.19. The summed E-state index contributed by atoms with van der Waals surface area (Å²) in [5, 5.41) is 6.87. The summed E-state index contributed by atoms with van der Waals surface area (Å²) in [5.41, 5.74) is 1.59. The van der Waals surface area contributed by atoms with Gasteiger partial charge in [0.2, 0.25) is 15.9 Å². The van der Waals surface area contributed by atoms with Crippen molar-refractivity contribution in [1.29, 1.82) is 0 Å². The molecule has 1 aromatic heterocycles. The van der Waals surface area contributed by atoms with E-state index < -0.39 is 10.0 Å². The topological polar surface area (TPSA) is 93.1 Å². The van der Waals surface area contributed by atoms with Crippen molar-refractivity contribution in [2.24, 2.45) is 0 Å². The zero-order chi connectivity index (χ0) is 16.9. The molecule has 1 aromatic carbocycles. The Morgan fingerprint density at radius 3 is 2.48 bits per heavy atom. The molecule has 0 fully saturated rings. The van der Waals surface area contributed by atoms with Gasteiger partial charge in [-0.1, -0.05) is 24.3 Å². The molecule has 0 radical (unpaired) electrons. The molecular formula is C15H20N4O3S. The number of nitrogens with one attached hydrogen (secondary N) is 2. The van der Waals surface area contributed by atoms with E-state index in [2.05, 4.69) is 15.1 Å². The number of hydrogen-bond donors (Lipinski definition) is 2. The molecular weight excluding hydrogens is 316 g/mol. The van der Waals surface area contributed by atoms with Crippen LogP contribution in [0.2, 0.25) is 0 Å². The van der Waals surface area contributed by atoms with Crippen molar-refractivity contribution in [2.75, 3.05) is 7.05 Å². The molecule has 2 rings (SSSR count). The van der Waals surface area contributed by atoms with Crippen molar-refractivity contribution in [2.45, 2.75) is 25.3 Å². The van der Waals surface area contributed by atoms with Crippen molar-refractivity contribution in [1.82, 2.24) is 19.8 Å². The summed E-state index contributed by atoms with van der Waals surface area (Å²) in [4.78, 5) is 12.0. The maximum Gasteiger partial charge on any atom is 0.244 e. The fraction of sp³-hybridized carbons (Fsp3) is 0.333. The van der Waals surface area contributed by atoms with E-state index in [1.807, 2.05) is 0 Å². The first-order valence-electron chi connectivity index (χ1n) is 7.17. The Bertz CT molecular complexity index is 740. The molecule has 8 heteroatoms. The predicted octanol–water partition coefficient (Wildman–Crippen LogP) is 0.810. The lowest BCUT2D eigenvalue weighted by atomic mass is 10.1. The van der Waals surface area contributed by atoms with Gasteiger partial charge in [0.1, 0.15) is 6.04 Å². The van der Waals surface area contributed by atoms with Gasteiger partial charge >= 0.3 is 0 Å². The maximum absolute atomic E-state index is 12.0. The maximum atomic E-state index is 12.0. The van der Waals surface area contributed by atoms with Gasteiger partial charge in [0.25, 0.3) is 0 Å². The van der Waals surface area contributed by atoms with E-state index in [0.29, 0.717) is 12.1 Å². The summed E-state index contributed by atoms with van der Waals surface area (Å²) in [7, 11) is -1.89. The van der Waals surface area contributed by atoms with Crippen LogP contribution in [0, 0.1) is 0 Å². The molecule has 7 nitrogen and oxygen atoms in total. The minimum absolute atomic E-state index is 0.0630. The fourth-order valence-electron chi connectivity index (χ4n) is 2.01. The third-order valence-electron chi connectivity index (χ3n) is 3.46. The van der Waals surface area contributed by atoms with Gasteiger partial charge in [0.05, 0.1) is 5.75 Å². The third-order valence-corrected chi connectivity index (χ3v) is 4.79. The van der Waals surface area contributed by atoms with E-state index in [1.165, 1.54) is 7.05 Å². The van der Waals surface area contributed by atoms with Crippen molar-refractivity contribution in [3.05, 3.63) is 53.9 Å². The summed E-state index contributed by atoms with van der Waals surface area (Å²) in [6.45, 7) is 2.15. The molecule has 23 heavy (non-hydrogen) atoms. The number of amides is 1. The van der Waals surface area contributed by atoms with E-state index >= 15 is 0 Å². The number of nitrogens with zero attached hydrogens (tertiary/aromatic N) is 2. The Kier molecular flexibility index (Phi) is 5.51. The molecule has 0 unspecified atom stereocenters. The molecule has 1 atom stereocenters. The summed E-state index contributed by atoms with van der Waals surface area (Å²) in [5.74, 6) is -0.192. The zero-order valence-corrected chi connectivity index (χ0v) is 13.9. The van der Waals surface area contributed by atoms with Crippen LogP contribution >= 0.6 is 0 Å². The first-order chi connectivity index (χ1) is 10.9. The number of carbonyl (C=O) groups excluding carboxylic acids is 1. The summed E-state index contributed by atoms with van der Waals surface area (Å²) >= 11 is 0. The molecule has 1 heterocycles. The van der Waals surface area contributed by atoms with Crippen LogP contribution in [0.4, 0.5) is 0 Å². The SMILES string of the molecule is CNS(=O)(=O)Cc1ccc(CNC(=O)[C@@H](C)n2cccn2)cc1. The van der Waals surface area contributed by atoms with Gasteiger partial charge in [-0.3, -0.25) is 9.48 Å². The van der Waals surface area contributed by atoms with Gasteiger partial charge in [-0.25, -0.2) is 13.1 Å². The number of rotatable bonds is 7. The van der Waals surface area contributed by atoms with Crippen LogP contribution in [0.3, 0.4) is 0 Å². The highest BCUT2D eigenvalue weighted by molar-refractivity contribution is 7.88. The second-order valence-electron chi connectivity index (χ2n) is 5.16. The smallest absolute Gasteiger partial charge is 0.244 e. The predicted molar refractivity (Wildman–Crippen MR) is 86.9 cm³/mol. The largest absolute Gasteiger partial charge is 0.350 e. The molecule has 2 N–H and O–H groups in total. The molecule has 2 aromatic rings. The van der Waals surface area contributed by atoms with Gasteiger partial charge < -0.3 is 5.32 Å².